The van der Waals surface area contributed by atoms with Crippen LogP contribution in [-0.4, -0.2) is 54.2 Å². The maximum Gasteiger partial charge on any atom is 0.272 e. The number of nitrogens with zero attached hydrogens (tertiary/aromatic N) is 3. The van der Waals surface area contributed by atoms with Gasteiger partial charge >= 0.3 is 0 Å². The van der Waals surface area contributed by atoms with Gasteiger partial charge < -0.3 is 15.5 Å². The molecule has 6 heteroatoms. The number of carbonyl (C=O) groups is 1. The molecule has 0 bridgehead atoms. The first-order valence-corrected chi connectivity index (χ1v) is 6.20. The summed E-state index contributed by atoms with van der Waals surface area (Å²) in [5.41, 5.74) is 0.368. The SMILES string of the molecule is CNc1ccc(C(=O)NC2CCN(C)CC2)nn1. The second-order valence-electron chi connectivity index (χ2n) is 4.60. The topological polar surface area (TPSA) is 70.2 Å². The highest BCUT2D eigenvalue weighted by molar-refractivity contribution is 5.92. The lowest BCUT2D eigenvalue weighted by molar-refractivity contribution is 0.0911. The number of amides is 1. The first-order chi connectivity index (χ1) is 8.69. The summed E-state index contributed by atoms with van der Waals surface area (Å²) in [6, 6.07) is 3.68. The van der Waals surface area contributed by atoms with Gasteiger partial charge in [-0.05, 0) is 45.1 Å². The predicted molar refractivity (Wildman–Crippen MR) is 69.6 cm³/mol. The largest absolute Gasteiger partial charge is 0.372 e. The number of likely N-dealkylation sites (tertiary alicyclic amines) is 1. The van der Waals surface area contributed by atoms with E-state index in [0.717, 1.165) is 25.9 Å². The monoisotopic (exact) mass is 249 g/mol. The fraction of sp³-hybridized carbons (Fsp3) is 0.583. The van der Waals surface area contributed by atoms with Crippen LogP contribution in [0, 0.1) is 0 Å². The van der Waals surface area contributed by atoms with E-state index in [2.05, 4.69) is 32.8 Å². The van der Waals surface area contributed by atoms with E-state index in [-0.39, 0.29) is 11.9 Å². The summed E-state index contributed by atoms with van der Waals surface area (Å²) in [6.45, 7) is 2.05. The predicted octanol–water partition coefficient (Wildman–Crippen LogP) is 0.342. The fourth-order valence-corrected chi connectivity index (χ4v) is 2.00. The summed E-state index contributed by atoms with van der Waals surface area (Å²) < 4.78 is 0. The van der Waals surface area contributed by atoms with Crippen LogP contribution >= 0.6 is 0 Å². The molecule has 1 amide bonds. The van der Waals surface area contributed by atoms with E-state index in [1.807, 2.05) is 0 Å². The Balaban J connectivity index is 1.90. The lowest BCUT2D eigenvalue weighted by Gasteiger charge is -2.29. The molecule has 1 aliphatic heterocycles. The minimum atomic E-state index is -0.139. The summed E-state index contributed by atoms with van der Waals surface area (Å²) in [5, 5.41) is 13.7. The summed E-state index contributed by atoms with van der Waals surface area (Å²) in [7, 11) is 3.86. The Bertz CT molecular complexity index is 397. The van der Waals surface area contributed by atoms with Gasteiger partial charge in [-0.25, -0.2) is 0 Å². The van der Waals surface area contributed by atoms with E-state index in [9.17, 15) is 4.79 Å². The van der Waals surface area contributed by atoms with Gasteiger partial charge in [0.05, 0.1) is 0 Å². The van der Waals surface area contributed by atoms with E-state index in [1.54, 1.807) is 19.2 Å². The van der Waals surface area contributed by atoms with Crippen molar-refractivity contribution in [1.29, 1.82) is 0 Å². The van der Waals surface area contributed by atoms with Crippen LogP contribution in [0.5, 0.6) is 0 Å². The Morgan fingerprint density at radius 3 is 2.61 bits per heavy atom. The molecule has 0 aliphatic carbocycles. The molecule has 0 unspecified atom stereocenters. The van der Waals surface area contributed by atoms with Gasteiger partial charge in [-0.15, -0.1) is 10.2 Å². The maximum absolute atomic E-state index is 11.9. The van der Waals surface area contributed by atoms with Crippen molar-refractivity contribution < 1.29 is 4.79 Å². The van der Waals surface area contributed by atoms with Crippen LogP contribution in [0.15, 0.2) is 12.1 Å². The molecule has 6 nitrogen and oxygen atoms in total. The van der Waals surface area contributed by atoms with Gasteiger partial charge in [0.25, 0.3) is 5.91 Å². The molecule has 0 spiro atoms. The molecule has 98 valence electrons. The first-order valence-electron chi connectivity index (χ1n) is 6.20. The molecule has 1 aliphatic rings. The summed E-state index contributed by atoms with van der Waals surface area (Å²) in [6.07, 6.45) is 1.98. The van der Waals surface area contributed by atoms with Crippen LogP contribution in [0.25, 0.3) is 0 Å². The van der Waals surface area contributed by atoms with E-state index in [1.165, 1.54) is 0 Å². The smallest absolute Gasteiger partial charge is 0.272 e. The standard InChI is InChI=1S/C12H19N5O/c1-13-11-4-3-10(15-16-11)12(18)14-9-5-7-17(2)8-6-9/h3-4,9H,5-8H2,1-2H3,(H,13,16)(H,14,18). The Kier molecular flexibility index (Phi) is 4.09. The summed E-state index contributed by atoms with van der Waals surface area (Å²) in [5.74, 6) is 0.519. The van der Waals surface area contributed by atoms with E-state index in [4.69, 9.17) is 0 Å². The third-order valence-electron chi connectivity index (χ3n) is 3.21. The molecule has 2 rings (SSSR count). The Morgan fingerprint density at radius 1 is 1.33 bits per heavy atom. The van der Waals surface area contributed by atoms with Gasteiger partial charge in [-0.2, -0.15) is 0 Å². The van der Waals surface area contributed by atoms with Gasteiger partial charge in [-0.1, -0.05) is 0 Å². The number of hydrogen-bond acceptors (Lipinski definition) is 5. The lowest BCUT2D eigenvalue weighted by atomic mass is 10.1. The molecule has 2 heterocycles. The zero-order valence-corrected chi connectivity index (χ0v) is 10.8. The quantitative estimate of drug-likeness (QED) is 0.808. The molecular formula is C12H19N5O. The first kappa shape index (κ1) is 12.8. The molecule has 2 N–H and O–H groups in total. The van der Waals surface area contributed by atoms with Gasteiger partial charge in [0.15, 0.2) is 5.69 Å². The number of rotatable bonds is 3. The van der Waals surface area contributed by atoms with Crippen molar-refractivity contribution in [1.82, 2.24) is 20.4 Å². The van der Waals surface area contributed by atoms with Crippen molar-refractivity contribution in [3.8, 4) is 0 Å². The summed E-state index contributed by atoms with van der Waals surface area (Å²) in [4.78, 5) is 14.2. The highest BCUT2D eigenvalue weighted by Gasteiger charge is 2.19. The van der Waals surface area contributed by atoms with Crippen LogP contribution in [0.1, 0.15) is 23.3 Å². The number of carbonyl (C=O) groups excluding carboxylic acids is 1. The van der Waals surface area contributed by atoms with Crippen molar-refractivity contribution in [2.24, 2.45) is 0 Å². The molecule has 18 heavy (non-hydrogen) atoms. The molecule has 1 fully saturated rings. The average molecular weight is 249 g/mol. The molecule has 1 saturated heterocycles. The van der Waals surface area contributed by atoms with Gasteiger partial charge in [0, 0.05) is 13.1 Å². The molecule has 1 aromatic heterocycles. The number of hydrogen-bond donors (Lipinski definition) is 2. The van der Waals surface area contributed by atoms with Crippen molar-refractivity contribution in [3.05, 3.63) is 17.8 Å². The summed E-state index contributed by atoms with van der Waals surface area (Å²) >= 11 is 0. The molecule has 0 aromatic carbocycles. The third-order valence-corrected chi connectivity index (χ3v) is 3.21. The molecular weight excluding hydrogens is 230 g/mol. The van der Waals surface area contributed by atoms with E-state index >= 15 is 0 Å². The Hall–Kier alpha value is -1.69. The number of aromatic nitrogens is 2. The van der Waals surface area contributed by atoms with Crippen LogP contribution in [0.4, 0.5) is 5.82 Å². The minimum absolute atomic E-state index is 0.139. The Morgan fingerprint density at radius 2 is 2.06 bits per heavy atom. The van der Waals surface area contributed by atoms with Crippen molar-refractivity contribution in [3.63, 3.8) is 0 Å². The van der Waals surface area contributed by atoms with Gasteiger partial charge in [0.2, 0.25) is 0 Å². The lowest BCUT2D eigenvalue weighted by Crippen LogP contribution is -2.43. The number of anilines is 1. The number of nitrogens with one attached hydrogen (secondary N) is 2. The van der Waals surface area contributed by atoms with Gasteiger partial charge in [0.1, 0.15) is 5.82 Å². The zero-order chi connectivity index (χ0) is 13.0. The van der Waals surface area contributed by atoms with Crippen LogP contribution in [-0.2, 0) is 0 Å². The highest BCUT2D eigenvalue weighted by Crippen LogP contribution is 2.09. The normalized spacial score (nSPS) is 17.4. The van der Waals surface area contributed by atoms with Crippen LogP contribution < -0.4 is 10.6 Å². The second kappa shape index (κ2) is 5.77. The average Bonchev–Trinajstić information content (AvgIpc) is 2.41. The van der Waals surface area contributed by atoms with Crippen molar-refractivity contribution in [2.45, 2.75) is 18.9 Å². The third kappa shape index (κ3) is 3.16. The van der Waals surface area contributed by atoms with E-state index in [0.29, 0.717) is 11.5 Å². The molecule has 0 atom stereocenters. The maximum atomic E-state index is 11.9. The molecule has 0 radical (unpaired) electrons. The Labute approximate surface area is 107 Å². The van der Waals surface area contributed by atoms with Crippen LogP contribution in [0.2, 0.25) is 0 Å². The van der Waals surface area contributed by atoms with Crippen molar-refractivity contribution >= 4 is 11.7 Å². The van der Waals surface area contributed by atoms with Crippen LogP contribution in [0.3, 0.4) is 0 Å². The second-order valence-corrected chi connectivity index (χ2v) is 4.60. The highest BCUT2D eigenvalue weighted by atomic mass is 16.2. The molecule has 1 aromatic rings. The van der Waals surface area contributed by atoms with E-state index < -0.39 is 0 Å². The fourth-order valence-electron chi connectivity index (χ4n) is 2.00. The van der Waals surface area contributed by atoms with Crippen molar-refractivity contribution in [2.75, 3.05) is 32.5 Å². The van der Waals surface area contributed by atoms with Gasteiger partial charge in [-0.3, -0.25) is 4.79 Å². The minimum Gasteiger partial charge on any atom is -0.372 e. The number of piperidine rings is 1. The molecule has 0 saturated carbocycles. The zero-order valence-electron chi connectivity index (χ0n) is 10.8.